The molecule has 2 aromatic carbocycles. The minimum atomic E-state index is -0.461. The van der Waals surface area contributed by atoms with E-state index in [2.05, 4.69) is 4.90 Å². The fourth-order valence-corrected chi connectivity index (χ4v) is 3.64. The van der Waals surface area contributed by atoms with Crippen molar-refractivity contribution in [1.29, 1.82) is 0 Å². The van der Waals surface area contributed by atoms with Gasteiger partial charge in [0.05, 0.1) is 21.5 Å². The van der Waals surface area contributed by atoms with Gasteiger partial charge in [-0.25, -0.2) is 0 Å². The maximum atomic E-state index is 12.7. The van der Waals surface area contributed by atoms with Crippen LogP contribution in [-0.2, 0) is 4.79 Å². The lowest BCUT2D eigenvalue weighted by Gasteiger charge is -2.27. The van der Waals surface area contributed by atoms with Crippen LogP contribution >= 0.6 is 23.2 Å². The number of hydrogen-bond acceptors (Lipinski definition) is 4. The molecule has 1 aliphatic heterocycles. The third-order valence-corrected chi connectivity index (χ3v) is 5.59. The van der Waals surface area contributed by atoms with Gasteiger partial charge in [-0.2, -0.15) is 0 Å². The van der Waals surface area contributed by atoms with Crippen molar-refractivity contribution in [3.63, 3.8) is 0 Å². The lowest BCUT2D eigenvalue weighted by Crippen LogP contribution is -2.38. The largest absolute Gasteiger partial charge is 0.314 e. The minimum absolute atomic E-state index is 0.00109. The summed E-state index contributed by atoms with van der Waals surface area (Å²) in [6.07, 6.45) is 1.95. The predicted molar refractivity (Wildman–Crippen MR) is 107 cm³/mol. The highest BCUT2D eigenvalue weighted by atomic mass is 35.5. The highest BCUT2D eigenvalue weighted by molar-refractivity contribution is 6.42. The second kappa shape index (κ2) is 8.25. The molecule has 0 N–H and O–H groups in total. The van der Waals surface area contributed by atoms with E-state index in [1.54, 1.807) is 25.2 Å². The van der Waals surface area contributed by atoms with Gasteiger partial charge in [-0.05, 0) is 49.2 Å². The monoisotopic (exact) mass is 407 g/mol. The van der Waals surface area contributed by atoms with Crippen molar-refractivity contribution in [1.82, 2.24) is 4.90 Å². The van der Waals surface area contributed by atoms with Crippen LogP contribution in [0.25, 0.3) is 0 Å². The van der Waals surface area contributed by atoms with E-state index in [0.29, 0.717) is 15.7 Å². The van der Waals surface area contributed by atoms with Gasteiger partial charge in [0.15, 0.2) is 0 Å². The summed E-state index contributed by atoms with van der Waals surface area (Å²) in [7, 11) is 1.67. The Labute approximate surface area is 167 Å². The van der Waals surface area contributed by atoms with E-state index >= 15 is 0 Å². The van der Waals surface area contributed by atoms with E-state index in [1.807, 2.05) is 12.1 Å². The van der Waals surface area contributed by atoms with Gasteiger partial charge in [-0.1, -0.05) is 29.3 Å². The molecule has 6 nitrogen and oxygen atoms in total. The van der Waals surface area contributed by atoms with E-state index in [0.717, 1.165) is 24.9 Å². The van der Waals surface area contributed by atoms with Crippen LogP contribution in [0.5, 0.6) is 0 Å². The van der Waals surface area contributed by atoms with Gasteiger partial charge >= 0.3 is 0 Å². The van der Waals surface area contributed by atoms with E-state index in [1.165, 1.54) is 17.0 Å². The SMILES string of the molecule is CN(C(=O)CN1CCC[C@@H]1c1ccc(Cl)c(Cl)c1)c1ccc([N+](=O)[O-])cc1. The summed E-state index contributed by atoms with van der Waals surface area (Å²) < 4.78 is 0. The molecule has 0 unspecified atom stereocenters. The lowest BCUT2D eigenvalue weighted by molar-refractivity contribution is -0.384. The highest BCUT2D eigenvalue weighted by Crippen LogP contribution is 2.35. The van der Waals surface area contributed by atoms with Crippen LogP contribution in [0, 0.1) is 10.1 Å². The number of likely N-dealkylation sites (N-methyl/N-ethyl adjacent to an activating group) is 1. The Balaban J connectivity index is 1.70. The maximum absolute atomic E-state index is 12.7. The average molecular weight is 408 g/mol. The van der Waals surface area contributed by atoms with E-state index in [4.69, 9.17) is 23.2 Å². The first kappa shape index (κ1) is 19.6. The van der Waals surface area contributed by atoms with Crippen molar-refractivity contribution in [3.05, 3.63) is 68.2 Å². The molecule has 142 valence electrons. The van der Waals surface area contributed by atoms with Crippen LogP contribution in [0.2, 0.25) is 10.0 Å². The first-order valence-corrected chi connectivity index (χ1v) is 9.32. The van der Waals surface area contributed by atoms with Crippen LogP contribution in [0.4, 0.5) is 11.4 Å². The van der Waals surface area contributed by atoms with Gasteiger partial charge in [0.2, 0.25) is 5.91 Å². The van der Waals surface area contributed by atoms with Crippen molar-refractivity contribution in [2.24, 2.45) is 0 Å². The zero-order valence-electron chi connectivity index (χ0n) is 14.8. The molecule has 1 aliphatic rings. The van der Waals surface area contributed by atoms with Gasteiger partial charge in [-0.3, -0.25) is 19.8 Å². The summed E-state index contributed by atoms with van der Waals surface area (Å²) in [5.41, 5.74) is 1.67. The summed E-state index contributed by atoms with van der Waals surface area (Å²) in [5, 5.41) is 11.8. The quantitative estimate of drug-likeness (QED) is 0.531. The number of hydrogen-bond donors (Lipinski definition) is 0. The number of amides is 1. The van der Waals surface area contributed by atoms with E-state index < -0.39 is 4.92 Å². The number of rotatable bonds is 5. The average Bonchev–Trinajstić information content (AvgIpc) is 3.11. The molecule has 3 rings (SSSR count). The topological polar surface area (TPSA) is 66.7 Å². The number of anilines is 1. The fourth-order valence-electron chi connectivity index (χ4n) is 3.33. The number of benzene rings is 2. The van der Waals surface area contributed by atoms with Gasteiger partial charge in [0.1, 0.15) is 0 Å². The molecule has 1 fully saturated rings. The normalized spacial score (nSPS) is 17.1. The molecular formula is C19H19Cl2N3O3. The van der Waals surface area contributed by atoms with Gasteiger partial charge in [0, 0.05) is 30.9 Å². The molecule has 1 saturated heterocycles. The van der Waals surface area contributed by atoms with Crippen molar-refractivity contribution < 1.29 is 9.72 Å². The first-order valence-electron chi connectivity index (χ1n) is 8.57. The molecule has 0 saturated carbocycles. The number of likely N-dealkylation sites (tertiary alicyclic amines) is 1. The number of halogens is 2. The lowest BCUT2D eigenvalue weighted by atomic mass is 10.0. The molecule has 1 heterocycles. The van der Waals surface area contributed by atoms with E-state index in [9.17, 15) is 14.9 Å². The molecule has 0 bridgehead atoms. The maximum Gasteiger partial charge on any atom is 0.269 e. The summed E-state index contributed by atoms with van der Waals surface area (Å²) in [4.78, 5) is 26.7. The number of nitrogens with zero attached hydrogens (tertiary/aromatic N) is 3. The fraction of sp³-hybridized carbons (Fsp3) is 0.316. The highest BCUT2D eigenvalue weighted by Gasteiger charge is 2.29. The Kier molecular flexibility index (Phi) is 5.99. The summed E-state index contributed by atoms with van der Waals surface area (Å²) >= 11 is 12.1. The van der Waals surface area contributed by atoms with Crippen LogP contribution in [0.1, 0.15) is 24.4 Å². The second-order valence-corrected chi connectivity index (χ2v) is 7.34. The van der Waals surface area contributed by atoms with Gasteiger partial charge in [-0.15, -0.1) is 0 Å². The Morgan fingerprint density at radius 1 is 1.22 bits per heavy atom. The van der Waals surface area contributed by atoms with Crippen molar-refractivity contribution in [2.75, 3.05) is 25.0 Å². The summed E-state index contributed by atoms with van der Waals surface area (Å²) in [6, 6.07) is 11.7. The molecule has 2 aromatic rings. The number of nitro groups is 1. The second-order valence-electron chi connectivity index (χ2n) is 6.53. The molecule has 0 aromatic heterocycles. The molecule has 8 heteroatoms. The third-order valence-electron chi connectivity index (χ3n) is 4.85. The molecule has 27 heavy (non-hydrogen) atoms. The number of non-ortho nitro benzene ring substituents is 1. The zero-order valence-corrected chi connectivity index (χ0v) is 16.3. The van der Waals surface area contributed by atoms with E-state index in [-0.39, 0.29) is 24.2 Å². The molecular weight excluding hydrogens is 389 g/mol. The predicted octanol–water partition coefficient (Wildman–Crippen LogP) is 4.70. The first-order chi connectivity index (χ1) is 12.9. The Morgan fingerprint density at radius 3 is 2.56 bits per heavy atom. The van der Waals surface area contributed by atoms with Crippen LogP contribution in [-0.4, -0.2) is 35.9 Å². The molecule has 1 atom stereocenters. The van der Waals surface area contributed by atoms with Crippen LogP contribution in [0.3, 0.4) is 0 Å². The Hall–Kier alpha value is -2.15. The number of carbonyl (C=O) groups excluding carboxylic acids is 1. The standard InChI is InChI=1S/C19H19Cl2N3O3/c1-22(14-5-7-15(8-6-14)24(26)27)19(25)12-23-10-2-3-18(23)13-4-9-16(20)17(21)11-13/h4-9,11,18H,2-3,10,12H2,1H3/t18-/m1/s1. The van der Waals surface area contributed by atoms with Crippen molar-refractivity contribution in [2.45, 2.75) is 18.9 Å². The van der Waals surface area contributed by atoms with Crippen LogP contribution < -0.4 is 4.90 Å². The van der Waals surface area contributed by atoms with Crippen LogP contribution in [0.15, 0.2) is 42.5 Å². The third kappa shape index (κ3) is 4.40. The van der Waals surface area contributed by atoms with Gasteiger partial charge < -0.3 is 4.90 Å². The summed E-state index contributed by atoms with van der Waals surface area (Å²) in [6.45, 7) is 1.09. The number of carbonyl (C=O) groups is 1. The van der Waals surface area contributed by atoms with Crippen molar-refractivity contribution >= 4 is 40.5 Å². The molecule has 1 amide bonds. The Bertz CT molecular complexity index is 858. The molecule has 0 spiro atoms. The molecule has 0 aliphatic carbocycles. The summed E-state index contributed by atoms with van der Waals surface area (Å²) in [5.74, 6) is -0.0733. The zero-order chi connectivity index (χ0) is 19.6. The number of nitro benzene ring substituents is 1. The Morgan fingerprint density at radius 2 is 1.93 bits per heavy atom. The molecule has 0 radical (unpaired) electrons. The smallest absolute Gasteiger partial charge is 0.269 e. The minimum Gasteiger partial charge on any atom is -0.314 e. The van der Waals surface area contributed by atoms with Gasteiger partial charge in [0.25, 0.3) is 5.69 Å². The van der Waals surface area contributed by atoms with Crippen molar-refractivity contribution in [3.8, 4) is 0 Å².